The fraction of sp³-hybridized carbons (Fsp3) is 0.308. The van der Waals surface area contributed by atoms with E-state index in [4.69, 9.17) is 22.1 Å². The number of nitrogens with one attached hydrogen (secondary N) is 2. The van der Waals surface area contributed by atoms with Gasteiger partial charge < -0.3 is 26.0 Å². The van der Waals surface area contributed by atoms with Crippen molar-refractivity contribution in [3.8, 4) is 16.9 Å². The minimum Gasteiger partial charge on any atom is -0.489 e. The summed E-state index contributed by atoms with van der Waals surface area (Å²) in [6.07, 6.45) is 4.12. The van der Waals surface area contributed by atoms with Crippen LogP contribution in [0.1, 0.15) is 18.4 Å². The number of aromatic nitrogens is 1. The number of hydrogen-bond acceptors (Lipinski definition) is 5. The lowest BCUT2D eigenvalue weighted by molar-refractivity contribution is 0.249. The van der Waals surface area contributed by atoms with Gasteiger partial charge in [0, 0.05) is 42.5 Å². The monoisotopic (exact) mass is 515 g/mol. The summed E-state index contributed by atoms with van der Waals surface area (Å²) >= 11 is 5.87. The molecule has 0 atom stereocenters. The van der Waals surface area contributed by atoms with Gasteiger partial charge in [-0.3, -0.25) is 0 Å². The van der Waals surface area contributed by atoms with Gasteiger partial charge in [0.15, 0.2) is 11.6 Å². The largest absolute Gasteiger partial charge is 0.489 e. The fourth-order valence-electron chi connectivity index (χ4n) is 4.04. The van der Waals surface area contributed by atoms with Crippen LogP contribution in [0, 0.1) is 11.6 Å². The second-order valence-corrected chi connectivity index (χ2v) is 8.91. The topological polar surface area (TPSA) is 92.5 Å². The predicted octanol–water partition coefficient (Wildman–Crippen LogP) is 5.10. The molecule has 0 spiro atoms. The maximum Gasteiger partial charge on any atom is 0.319 e. The molecule has 0 bridgehead atoms. The Balaban J connectivity index is 1.32. The van der Waals surface area contributed by atoms with Crippen molar-refractivity contribution in [3.05, 3.63) is 70.9 Å². The summed E-state index contributed by atoms with van der Waals surface area (Å²) in [7, 11) is 0. The number of rotatable bonds is 9. The molecule has 1 aliphatic heterocycles. The summed E-state index contributed by atoms with van der Waals surface area (Å²) in [4.78, 5) is 18.7. The van der Waals surface area contributed by atoms with Crippen LogP contribution in [0.2, 0.25) is 5.02 Å². The molecule has 0 unspecified atom stereocenters. The van der Waals surface area contributed by atoms with Gasteiger partial charge in [-0.05, 0) is 61.8 Å². The average molecular weight is 516 g/mol. The molecule has 7 nitrogen and oxygen atoms in total. The number of hydrogen-bond donors (Lipinski definition) is 3. The fourth-order valence-corrected chi connectivity index (χ4v) is 4.29. The van der Waals surface area contributed by atoms with Crippen molar-refractivity contribution >= 4 is 29.1 Å². The summed E-state index contributed by atoms with van der Waals surface area (Å²) in [5.41, 5.74) is 8.22. The van der Waals surface area contributed by atoms with Crippen molar-refractivity contribution in [3.63, 3.8) is 0 Å². The third kappa shape index (κ3) is 6.61. The number of nitrogen functional groups attached to an aromatic ring is 1. The molecule has 2 amide bonds. The van der Waals surface area contributed by atoms with Gasteiger partial charge in [0.25, 0.3) is 0 Å². The number of pyridine rings is 1. The van der Waals surface area contributed by atoms with Gasteiger partial charge >= 0.3 is 6.03 Å². The summed E-state index contributed by atoms with van der Waals surface area (Å²) in [6, 6.07) is 10.8. The van der Waals surface area contributed by atoms with E-state index in [1.54, 1.807) is 24.4 Å². The number of anilines is 2. The van der Waals surface area contributed by atoms with Crippen LogP contribution in [0.3, 0.4) is 0 Å². The quantitative estimate of drug-likeness (QED) is 0.345. The van der Waals surface area contributed by atoms with Crippen LogP contribution in [0.4, 0.5) is 25.1 Å². The highest BCUT2D eigenvalue weighted by Crippen LogP contribution is 2.29. The third-order valence-corrected chi connectivity index (χ3v) is 6.43. The molecule has 2 aromatic carbocycles. The second-order valence-electron chi connectivity index (χ2n) is 8.53. The molecule has 0 radical (unpaired) electrons. The average Bonchev–Trinajstić information content (AvgIpc) is 3.39. The second kappa shape index (κ2) is 12.0. The van der Waals surface area contributed by atoms with E-state index in [2.05, 4.69) is 20.5 Å². The van der Waals surface area contributed by atoms with Crippen LogP contribution >= 0.6 is 11.6 Å². The normalized spacial score (nSPS) is 13.5. The lowest BCUT2D eigenvalue weighted by atomic mass is 10.1. The molecule has 4 N–H and O–H groups in total. The first kappa shape index (κ1) is 25.7. The highest BCUT2D eigenvalue weighted by molar-refractivity contribution is 6.31. The number of nitrogens with two attached hydrogens (primary N) is 1. The number of carbonyl (C=O) groups excluding carboxylic acids is 1. The van der Waals surface area contributed by atoms with E-state index in [1.165, 1.54) is 12.8 Å². The van der Waals surface area contributed by atoms with Crippen molar-refractivity contribution in [2.75, 3.05) is 43.8 Å². The molecule has 1 saturated heterocycles. The predicted molar refractivity (Wildman–Crippen MR) is 137 cm³/mol. The molecule has 0 saturated carbocycles. The van der Waals surface area contributed by atoms with Crippen molar-refractivity contribution in [2.24, 2.45) is 0 Å². The van der Waals surface area contributed by atoms with Crippen LogP contribution in [0.25, 0.3) is 11.1 Å². The number of carbonyl (C=O) groups is 1. The zero-order chi connectivity index (χ0) is 25.5. The molecule has 190 valence electrons. The Morgan fingerprint density at radius 3 is 2.56 bits per heavy atom. The number of ether oxygens (including phenoxy) is 1. The van der Waals surface area contributed by atoms with E-state index in [0.29, 0.717) is 18.0 Å². The molecule has 36 heavy (non-hydrogen) atoms. The maximum atomic E-state index is 14.0. The number of nitrogens with zero attached hydrogens (tertiary/aromatic N) is 2. The van der Waals surface area contributed by atoms with Crippen molar-refractivity contribution in [1.29, 1.82) is 0 Å². The van der Waals surface area contributed by atoms with E-state index in [9.17, 15) is 13.6 Å². The van der Waals surface area contributed by atoms with E-state index >= 15 is 0 Å². The SMILES string of the molecule is Nc1ncc(-c2ccc(NC(=O)NCCN3CCCC3)cc2)cc1OCCc1c(F)ccc(F)c1Cl. The number of halogens is 3. The maximum absolute atomic E-state index is 14.0. The number of amides is 2. The van der Waals surface area contributed by atoms with Crippen LogP contribution in [0.5, 0.6) is 5.75 Å². The van der Waals surface area contributed by atoms with Crippen LogP contribution in [0.15, 0.2) is 48.7 Å². The Morgan fingerprint density at radius 2 is 1.81 bits per heavy atom. The molecule has 1 aliphatic rings. The molecule has 1 fully saturated rings. The molecule has 3 aromatic rings. The Morgan fingerprint density at radius 1 is 1.08 bits per heavy atom. The Hall–Kier alpha value is -3.43. The molecule has 4 rings (SSSR count). The van der Waals surface area contributed by atoms with Gasteiger partial charge in [0.05, 0.1) is 11.6 Å². The molecular formula is C26H28ClF2N5O2. The first-order chi connectivity index (χ1) is 17.4. The first-order valence-electron chi connectivity index (χ1n) is 11.8. The zero-order valence-electron chi connectivity index (χ0n) is 19.7. The summed E-state index contributed by atoms with van der Waals surface area (Å²) in [6.45, 7) is 3.67. The van der Waals surface area contributed by atoms with E-state index in [-0.39, 0.29) is 35.5 Å². The smallest absolute Gasteiger partial charge is 0.319 e. The zero-order valence-corrected chi connectivity index (χ0v) is 20.5. The summed E-state index contributed by atoms with van der Waals surface area (Å²) < 4.78 is 33.3. The minimum atomic E-state index is -0.686. The van der Waals surface area contributed by atoms with Crippen molar-refractivity contribution < 1.29 is 18.3 Å². The first-order valence-corrected chi connectivity index (χ1v) is 12.2. The van der Waals surface area contributed by atoms with Gasteiger partial charge in [-0.15, -0.1) is 0 Å². The standard InChI is InChI=1S/C26H28ClF2N5O2/c27-24-20(21(28)7-8-22(24)29)9-14-36-23-15-18(16-32-25(23)30)17-3-5-19(6-4-17)33-26(35)31-10-13-34-11-1-2-12-34/h3-8,15-16H,1-2,9-14H2,(H2,30,32)(H2,31,33,35). The Kier molecular flexibility index (Phi) is 8.56. The molecular weight excluding hydrogens is 488 g/mol. The summed E-state index contributed by atoms with van der Waals surface area (Å²) in [5.74, 6) is -0.791. The lowest BCUT2D eigenvalue weighted by Gasteiger charge is -2.15. The van der Waals surface area contributed by atoms with Crippen LogP contribution < -0.4 is 21.1 Å². The number of benzene rings is 2. The van der Waals surface area contributed by atoms with Crippen LogP contribution in [-0.4, -0.2) is 48.7 Å². The van der Waals surface area contributed by atoms with Crippen molar-refractivity contribution in [1.82, 2.24) is 15.2 Å². The van der Waals surface area contributed by atoms with E-state index in [1.807, 2.05) is 12.1 Å². The van der Waals surface area contributed by atoms with Crippen molar-refractivity contribution in [2.45, 2.75) is 19.3 Å². The molecule has 2 heterocycles. The van der Waals surface area contributed by atoms with Gasteiger partial charge in [-0.2, -0.15) is 0 Å². The van der Waals surface area contributed by atoms with E-state index < -0.39 is 11.6 Å². The Bertz CT molecular complexity index is 1200. The third-order valence-electron chi connectivity index (χ3n) is 6.02. The number of urea groups is 1. The van der Waals surface area contributed by atoms with E-state index in [0.717, 1.165) is 42.9 Å². The molecule has 10 heteroatoms. The number of likely N-dealkylation sites (tertiary alicyclic amines) is 1. The Labute approximate surface area is 213 Å². The van der Waals surface area contributed by atoms with Gasteiger partial charge in [-0.25, -0.2) is 18.6 Å². The summed E-state index contributed by atoms with van der Waals surface area (Å²) in [5, 5.41) is 5.44. The van der Waals surface area contributed by atoms with Gasteiger partial charge in [0.1, 0.15) is 11.6 Å². The molecule has 0 aliphatic carbocycles. The molecule has 1 aromatic heterocycles. The highest BCUT2D eigenvalue weighted by atomic mass is 35.5. The minimum absolute atomic E-state index is 0.0329. The van der Waals surface area contributed by atoms with Gasteiger partial charge in [-0.1, -0.05) is 23.7 Å². The lowest BCUT2D eigenvalue weighted by Crippen LogP contribution is -2.35. The van der Waals surface area contributed by atoms with Gasteiger partial charge in [0.2, 0.25) is 0 Å². The van der Waals surface area contributed by atoms with Crippen LogP contribution in [-0.2, 0) is 6.42 Å². The highest BCUT2D eigenvalue weighted by Gasteiger charge is 2.14.